The lowest BCUT2D eigenvalue weighted by molar-refractivity contribution is 0.219. The molecular formula is C24H31N5. The Morgan fingerprint density at radius 3 is 2.69 bits per heavy atom. The number of benzene rings is 2. The highest BCUT2D eigenvalue weighted by atomic mass is 15.3. The Hall–Kier alpha value is -2.50. The fourth-order valence-electron chi connectivity index (χ4n) is 3.96. The molecule has 0 bridgehead atoms. The van der Waals surface area contributed by atoms with Crippen LogP contribution < -0.4 is 4.90 Å². The van der Waals surface area contributed by atoms with E-state index in [1.807, 2.05) is 12.3 Å². The standard InChI is InChI=1S/C24H31N5/c1-4-27(2)15-16-28(3)22-12-14-29(18-22)24-25-13-11-23(26-24)21-10-9-19-7-5-6-8-20(19)17-21/h5-11,13,17,22H,4,12,14-16,18H2,1-3H3. The smallest absolute Gasteiger partial charge is 0.225 e. The highest BCUT2D eigenvalue weighted by Crippen LogP contribution is 2.25. The van der Waals surface area contributed by atoms with Crippen LogP contribution in [0.2, 0.25) is 0 Å². The van der Waals surface area contributed by atoms with Crippen molar-refractivity contribution in [1.82, 2.24) is 19.8 Å². The normalized spacial score (nSPS) is 17.0. The van der Waals surface area contributed by atoms with E-state index in [1.54, 1.807) is 0 Å². The van der Waals surface area contributed by atoms with Crippen molar-refractivity contribution in [3.05, 3.63) is 54.7 Å². The summed E-state index contributed by atoms with van der Waals surface area (Å²) < 4.78 is 0. The maximum absolute atomic E-state index is 4.90. The van der Waals surface area contributed by atoms with Gasteiger partial charge in [-0.15, -0.1) is 0 Å². The average Bonchev–Trinajstić information content (AvgIpc) is 3.27. The summed E-state index contributed by atoms with van der Waals surface area (Å²) in [6.07, 6.45) is 3.05. The molecule has 0 aliphatic carbocycles. The molecule has 5 nitrogen and oxygen atoms in total. The average molecular weight is 390 g/mol. The van der Waals surface area contributed by atoms with Gasteiger partial charge in [0, 0.05) is 44.0 Å². The van der Waals surface area contributed by atoms with Crippen LogP contribution in [0, 0.1) is 0 Å². The lowest BCUT2D eigenvalue weighted by Gasteiger charge is -2.26. The third-order valence-corrected chi connectivity index (χ3v) is 6.13. The summed E-state index contributed by atoms with van der Waals surface area (Å²) in [7, 11) is 4.42. The summed E-state index contributed by atoms with van der Waals surface area (Å²) in [4.78, 5) is 16.7. The molecule has 1 fully saturated rings. The lowest BCUT2D eigenvalue weighted by atomic mass is 10.1. The molecule has 2 aromatic carbocycles. The molecule has 0 N–H and O–H groups in total. The van der Waals surface area contributed by atoms with Gasteiger partial charge < -0.3 is 14.7 Å². The monoisotopic (exact) mass is 389 g/mol. The fourth-order valence-corrected chi connectivity index (χ4v) is 3.96. The van der Waals surface area contributed by atoms with Crippen LogP contribution in [0.25, 0.3) is 22.0 Å². The second-order valence-corrected chi connectivity index (χ2v) is 8.07. The molecule has 29 heavy (non-hydrogen) atoms. The molecule has 3 aromatic rings. The third-order valence-electron chi connectivity index (χ3n) is 6.13. The fraction of sp³-hybridized carbons (Fsp3) is 0.417. The zero-order valence-electron chi connectivity index (χ0n) is 17.8. The van der Waals surface area contributed by atoms with Gasteiger partial charge in [-0.05, 0) is 50.0 Å². The minimum atomic E-state index is 0.563. The van der Waals surface area contributed by atoms with E-state index >= 15 is 0 Å². The van der Waals surface area contributed by atoms with Crippen molar-refractivity contribution in [3.63, 3.8) is 0 Å². The van der Waals surface area contributed by atoms with Gasteiger partial charge in [-0.2, -0.15) is 0 Å². The van der Waals surface area contributed by atoms with Gasteiger partial charge in [0.05, 0.1) is 5.69 Å². The first-order chi connectivity index (χ1) is 14.1. The van der Waals surface area contributed by atoms with Gasteiger partial charge in [-0.25, -0.2) is 9.97 Å². The molecule has 1 aromatic heterocycles. The topological polar surface area (TPSA) is 35.5 Å². The minimum absolute atomic E-state index is 0.563. The quantitative estimate of drug-likeness (QED) is 0.615. The van der Waals surface area contributed by atoms with E-state index in [9.17, 15) is 0 Å². The molecular weight excluding hydrogens is 358 g/mol. The Balaban J connectivity index is 1.46. The van der Waals surface area contributed by atoms with Crippen LogP contribution in [0.5, 0.6) is 0 Å². The Kier molecular flexibility index (Phi) is 6.07. The van der Waals surface area contributed by atoms with Crippen molar-refractivity contribution in [2.24, 2.45) is 0 Å². The van der Waals surface area contributed by atoms with Gasteiger partial charge >= 0.3 is 0 Å². The van der Waals surface area contributed by atoms with Crippen molar-refractivity contribution in [2.75, 3.05) is 51.7 Å². The van der Waals surface area contributed by atoms with Crippen LogP contribution in [0.1, 0.15) is 13.3 Å². The highest BCUT2D eigenvalue weighted by molar-refractivity contribution is 5.86. The van der Waals surface area contributed by atoms with E-state index in [0.717, 1.165) is 56.4 Å². The van der Waals surface area contributed by atoms with Crippen LogP contribution in [0.15, 0.2) is 54.7 Å². The number of rotatable bonds is 7. The summed E-state index contributed by atoms with van der Waals surface area (Å²) in [5, 5.41) is 2.50. The molecule has 1 aliphatic heterocycles. The SMILES string of the molecule is CCN(C)CCN(C)C1CCN(c2nccc(-c3ccc4ccccc4c3)n2)C1. The molecule has 1 saturated heterocycles. The van der Waals surface area contributed by atoms with Gasteiger partial charge in [0.15, 0.2) is 0 Å². The van der Waals surface area contributed by atoms with Gasteiger partial charge in [-0.1, -0.05) is 43.3 Å². The molecule has 2 heterocycles. The van der Waals surface area contributed by atoms with Crippen molar-refractivity contribution >= 4 is 16.7 Å². The summed E-state index contributed by atoms with van der Waals surface area (Å²) in [5.41, 5.74) is 2.13. The minimum Gasteiger partial charge on any atom is -0.339 e. The second-order valence-electron chi connectivity index (χ2n) is 8.07. The van der Waals surface area contributed by atoms with Crippen LogP contribution in [0.4, 0.5) is 5.95 Å². The number of anilines is 1. The van der Waals surface area contributed by atoms with E-state index in [2.05, 4.69) is 83.2 Å². The van der Waals surface area contributed by atoms with Crippen LogP contribution in [-0.4, -0.2) is 72.6 Å². The molecule has 0 spiro atoms. The number of hydrogen-bond donors (Lipinski definition) is 0. The molecule has 0 saturated carbocycles. The summed E-state index contributed by atoms with van der Waals surface area (Å²) in [6, 6.07) is 17.6. The van der Waals surface area contributed by atoms with Crippen molar-refractivity contribution < 1.29 is 0 Å². The molecule has 1 atom stereocenters. The summed E-state index contributed by atoms with van der Waals surface area (Å²) in [5.74, 6) is 0.845. The van der Waals surface area contributed by atoms with Crippen LogP contribution in [0.3, 0.4) is 0 Å². The molecule has 0 radical (unpaired) electrons. The summed E-state index contributed by atoms with van der Waals surface area (Å²) >= 11 is 0. The molecule has 1 unspecified atom stereocenters. The van der Waals surface area contributed by atoms with Gasteiger partial charge in [-0.3, -0.25) is 0 Å². The lowest BCUT2D eigenvalue weighted by Crippen LogP contribution is -2.39. The van der Waals surface area contributed by atoms with E-state index in [4.69, 9.17) is 4.98 Å². The largest absolute Gasteiger partial charge is 0.339 e. The zero-order valence-corrected chi connectivity index (χ0v) is 17.8. The van der Waals surface area contributed by atoms with Gasteiger partial charge in [0.1, 0.15) is 0 Å². The summed E-state index contributed by atoms with van der Waals surface area (Å²) in [6.45, 7) is 7.52. The maximum atomic E-state index is 4.90. The predicted molar refractivity (Wildman–Crippen MR) is 121 cm³/mol. The molecule has 4 rings (SSSR count). The number of hydrogen-bond acceptors (Lipinski definition) is 5. The van der Waals surface area contributed by atoms with Crippen molar-refractivity contribution in [3.8, 4) is 11.3 Å². The van der Waals surface area contributed by atoms with Crippen molar-refractivity contribution in [2.45, 2.75) is 19.4 Å². The third kappa shape index (κ3) is 4.57. The molecule has 152 valence electrons. The number of nitrogens with zero attached hydrogens (tertiary/aromatic N) is 5. The molecule has 1 aliphatic rings. The maximum Gasteiger partial charge on any atom is 0.225 e. The Morgan fingerprint density at radius 1 is 1.03 bits per heavy atom. The zero-order chi connectivity index (χ0) is 20.2. The highest BCUT2D eigenvalue weighted by Gasteiger charge is 2.27. The van der Waals surface area contributed by atoms with Gasteiger partial charge in [0.25, 0.3) is 0 Å². The Labute approximate surface area is 174 Å². The number of aromatic nitrogens is 2. The van der Waals surface area contributed by atoms with E-state index in [-0.39, 0.29) is 0 Å². The van der Waals surface area contributed by atoms with Crippen molar-refractivity contribution in [1.29, 1.82) is 0 Å². The number of likely N-dealkylation sites (N-methyl/N-ethyl adjacent to an activating group) is 2. The first-order valence-electron chi connectivity index (χ1n) is 10.6. The van der Waals surface area contributed by atoms with E-state index in [0.29, 0.717) is 6.04 Å². The Bertz CT molecular complexity index is 957. The predicted octanol–water partition coefficient (Wildman–Crippen LogP) is 3.76. The van der Waals surface area contributed by atoms with E-state index in [1.165, 1.54) is 10.8 Å². The Morgan fingerprint density at radius 2 is 1.86 bits per heavy atom. The van der Waals surface area contributed by atoms with E-state index < -0.39 is 0 Å². The second kappa shape index (κ2) is 8.89. The number of fused-ring (bicyclic) bond motifs is 1. The molecule has 0 amide bonds. The first-order valence-corrected chi connectivity index (χ1v) is 10.6. The van der Waals surface area contributed by atoms with Crippen LogP contribution >= 0.6 is 0 Å². The van der Waals surface area contributed by atoms with Crippen LogP contribution in [-0.2, 0) is 0 Å². The van der Waals surface area contributed by atoms with Gasteiger partial charge in [0.2, 0.25) is 5.95 Å². The first kappa shape index (κ1) is 19.8. The molecule has 5 heteroatoms.